The molecule has 6 rings (SSSR count). The minimum Gasteiger partial charge on any atom is -0.338 e. The zero-order chi connectivity index (χ0) is 17.7. The number of likely N-dealkylation sites (N-methyl/N-ethyl adjacent to an activating group) is 1. The summed E-state index contributed by atoms with van der Waals surface area (Å²) in [7, 11) is 2.15. The highest BCUT2D eigenvalue weighted by molar-refractivity contribution is 5.92. The first-order valence-corrected chi connectivity index (χ1v) is 9.31. The fraction of sp³-hybridized carbons (Fsp3) is 0.556. The quantitative estimate of drug-likeness (QED) is 0.868. The predicted octanol–water partition coefficient (Wildman–Crippen LogP) is 1.03. The number of piperazine rings is 1. The summed E-state index contributed by atoms with van der Waals surface area (Å²) in [6.07, 6.45) is 5.65. The molecular weight excluding hydrogens is 330 g/mol. The molecule has 2 aromatic heterocycles. The zero-order valence-electron chi connectivity index (χ0n) is 14.9. The van der Waals surface area contributed by atoms with Crippen LogP contribution in [0.25, 0.3) is 0 Å². The van der Waals surface area contributed by atoms with E-state index in [1.165, 1.54) is 0 Å². The van der Waals surface area contributed by atoms with Crippen LogP contribution in [0.1, 0.15) is 46.5 Å². The van der Waals surface area contributed by atoms with Gasteiger partial charge in [-0.25, -0.2) is 9.97 Å². The van der Waals surface area contributed by atoms with E-state index >= 15 is 0 Å². The number of fused-ring (bicyclic) bond motifs is 2. The van der Waals surface area contributed by atoms with E-state index in [1.807, 2.05) is 11.1 Å². The molecule has 2 bridgehead atoms. The fourth-order valence-electron chi connectivity index (χ4n) is 4.41. The average Bonchev–Trinajstić information content (AvgIpc) is 3.23. The maximum atomic E-state index is 12.8. The molecular formula is C18H23N7O. The average molecular weight is 353 g/mol. The lowest BCUT2D eigenvalue weighted by atomic mass is 9.78. The van der Waals surface area contributed by atoms with E-state index in [0.717, 1.165) is 62.8 Å². The standard InChI is InChI=1S/C18H23N7O/c1-23-6-8-24(9-7-23)18-19-10-13-15-3-2-12(16(13)21-18)11-25(15)17(26)14-4-5-20-22-14/h4-5,10,12,15H,2-3,6-9,11H2,1H3,(H,20,22). The molecule has 26 heavy (non-hydrogen) atoms. The molecule has 1 amide bonds. The highest BCUT2D eigenvalue weighted by atomic mass is 16.2. The highest BCUT2D eigenvalue weighted by Gasteiger charge is 2.42. The third-order valence-electron chi connectivity index (χ3n) is 5.94. The summed E-state index contributed by atoms with van der Waals surface area (Å²) in [6.45, 7) is 4.74. The van der Waals surface area contributed by atoms with Gasteiger partial charge in [0, 0.05) is 56.6 Å². The lowest BCUT2D eigenvalue weighted by Gasteiger charge is -2.45. The summed E-state index contributed by atoms with van der Waals surface area (Å²) >= 11 is 0. The van der Waals surface area contributed by atoms with E-state index in [9.17, 15) is 4.79 Å². The van der Waals surface area contributed by atoms with Gasteiger partial charge in [-0.05, 0) is 26.0 Å². The smallest absolute Gasteiger partial charge is 0.272 e. The van der Waals surface area contributed by atoms with Gasteiger partial charge in [0.2, 0.25) is 5.95 Å². The first kappa shape index (κ1) is 15.7. The lowest BCUT2D eigenvalue weighted by molar-refractivity contribution is 0.0528. The number of hydrogen-bond acceptors (Lipinski definition) is 6. The van der Waals surface area contributed by atoms with Gasteiger partial charge in [0.05, 0.1) is 11.7 Å². The molecule has 2 aromatic rings. The number of amides is 1. The number of carbonyl (C=O) groups is 1. The molecule has 0 aromatic carbocycles. The second-order valence-corrected chi connectivity index (χ2v) is 7.52. The van der Waals surface area contributed by atoms with Gasteiger partial charge in [-0.15, -0.1) is 0 Å². The van der Waals surface area contributed by atoms with E-state index < -0.39 is 0 Å². The number of H-pyrrole nitrogens is 1. The maximum absolute atomic E-state index is 12.8. The molecule has 2 saturated heterocycles. The van der Waals surface area contributed by atoms with Crippen LogP contribution in [0.2, 0.25) is 0 Å². The van der Waals surface area contributed by atoms with Crippen LogP contribution in [0, 0.1) is 0 Å². The maximum Gasteiger partial charge on any atom is 0.272 e. The molecule has 2 unspecified atom stereocenters. The SMILES string of the molecule is CN1CCN(c2ncc3c(n2)C2CCC3N(C(=O)c3ccn[nH]3)C2)CC1. The normalized spacial score (nSPS) is 25.4. The molecule has 8 nitrogen and oxygen atoms in total. The Morgan fingerprint density at radius 2 is 2.08 bits per heavy atom. The van der Waals surface area contributed by atoms with Gasteiger partial charge in [-0.1, -0.05) is 0 Å². The molecule has 0 radical (unpaired) electrons. The molecule has 0 spiro atoms. The number of aromatic nitrogens is 4. The second-order valence-electron chi connectivity index (χ2n) is 7.52. The van der Waals surface area contributed by atoms with Gasteiger partial charge in [0.25, 0.3) is 5.91 Å². The van der Waals surface area contributed by atoms with Crippen molar-refractivity contribution in [3.8, 4) is 0 Å². The van der Waals surface area contributed by atoms with Crippen molar-refractivity contribution < 1.29 is 4.79 Å². The first-order valence-electron chi connectivity index (χ1n) is 9.31. The highest BCUT2D eigenvalue weighted by Crippen LogP contribution is 2.46. The molecule has 2 atom stereocenters. The second kappa shape index (κ2) is 6.05. The Morgan fingerprint density at radius 3 is 2.85 bits per heavy atom. The Hall–Kier alpha value is -2.48. The molecule has 1 aliphatic carbocycles. The van der Waals surface area contributed by atoms with Crippen LogP contribution >= 0.6 is 0 Å². The summed E-state index contributed by atoms with van der Waals surface area (Å²) < 4.78 is 0. The van der Waals surface area contributed by atoms with Crippen molar-refractivity contribution in [3.05, 3.63) is 35.4 Å². The number of carbonyl (C=O) groups excluding carboxylic acids is 1. The van der Waals surface area contributed by atoms with Crippen LogP contribution < -0.4 is 4.90 Å². The molecule has 5 heterocycles. The van der Waals surface area contributed by atoms with Gasteiger partial charge < -0.3 is 14.7 Å². The van der Waals surface area contributed by atoms with Crippen molar-refractivity contribution in [2.24, 2.45) is 0 Å². The summed E-state index contributed by atoms with van der Waals surface area (Å²) in [4.78, 5) is 29.0. The zero-order valence-corrected chi connectivity index (χ0v) is 14.9. The molecule has 3 aliphatic heterocycles. The van der Waals surface area contributed by atoms with Crippen LogP contribution in [0.15, 0.2) is 18.5 Å². The summed E-state index contributed by atoms with van der Waals surface area (Å²) in [5, 5.41) is 6.70. The number of nitrogens with one attached hydrogen (secondary N) is 1. The molecule has 136 valence electrons. The van der Waals surface area contributed by atoms with E-state index in [1.54, 1.807) is 12.3 Å². The predicted molar refractivity (Wildman–Crippen MR) is 96.1 cm³/mol. The van der Waals surface area contributed by atoms with Crippen molar-refractivity contribution in [1.29, 1.82) is 0 Å². The fourth-order valence-corrected chi connectivity index (χ4v) is 4.41. The van der Waals surface area contributed by atoms with Crippen molar-refractivity contribution >= 4 is 11.9 Å². The largest absolute Gasteiger partial charge is 0.338 e. The van der Waals surface area contributed by atoms with Crippen LogP contribution in [-0.4, -0.2) is 75.6 Å². The molecule has 2 fully saturated rings. The van der Waals surface area contributed by atoms with Crippen molar-refractivity contribution in [2.45, 2.75) is 24.8 Å². The monoisotopic (exact) mass is 353 g/mol. The van der Waals surface area contributed by atoms with Crippen LogP contribution in [0.4, 0.5) is 5.95 Å². The summed E-state index contributed by atoms with van der Waals surface area (Å²) in [5.41, 5.74) is 2.83. The Morgan fingerprint density at radius 1 is 1.23 bits per heavy atom. The van der Waals surface area contributed by atoms with Crippen LogP contribution in [0.5, 0.6) is 0 Å². The Balaban J connectivity index is 1.43. The number of anilines is 1. The topological polar surface area (TPSA) is 81.2 Å². The van der Waals surface area contributed by atoms with E-state index in [0.29, 0.717) is 11.6 Å². The van der Waals surface area contributed by atoms with Gasteiger partial charge in [0.15, 0.2) is 0 Å². The van der Waals surface area contributed by atoms with Gasteiger partial charge in [-0.3, -0.25) is 9.89 Å². The Labute approximate surface area is 152 Å². The Bertz CT molecular complexity index is 813. The third-order valence-corrected chi connectivity index (χ3v) is 5.94. The van der Waals surface area contributed by atoms with Crippen LogP contribution in [-0.2, 0) is 0 Å². The minimum absolute atomic E-state index is 0.0194. The number of rotatable bonds is 2. The first-order chi connectivity index (χ1) is 12.7. The van der Waals surface area contributed by atoms with Gasteiger partial charge >= 0.3 is 0 Å². The van der Waals surface area contributed by atoms with Crippen LogP contribution in [0.3, 0.4) is 0 Å². The van der Waals surface area contributed by atoms with Gasteiger partial charge in [0.1, 0.15) is 5.69 Å². The lowest BCUT2D eigenvalue weighted by Crippen LogP contribution is -2.47. The number of piperidine rings is 1. The van der Waals surface area contributed by atoms with E-state index in [2.05, 4.69) is 32.0 Å². The van der Waals surface area contributed by atoms with Crippen molar-refractivity contribution in [2.75, 3.05) is 44.7 Å². The van der Waals surface area contributed by atoms with Crippen molar-refractivity contribution in [1.82, 2.24) is 30.0 Å². The van der Waals surface area contributed by atoms with Crippen molar-refractivity contribution in [3.63, 3.8) is 0 Å². The summed E-state index contributed by atoms with van der Waals surface area (Å²) in [6, 6.07) is 1.81. The minimum atomic E-state index is 0.0194. The summed E-state index contributed by atoms with van der Waals surface area (Å²) in [5.74, 6) is 1.16. The molecule has 0 saturated carbocycles. The van der Waals surface area contributed by atoms with Gasteiger partial charge in [-0.2, -0.15) is 5.10 Å². The Kier molecular flexibility index (Phi) is 3.66. The third kappa shape index (κ3) is 2.47. The molecule has 4 aliphatic rings. The van der Waals surface area contributed by atoms with E-state index in [4.69, 9.17) is 4.98 Å². The van der Waals surface area contributed by atoms with E-state index in [-0.39, 0.29) is 11.9 Å². The number of hydrogen-bond donors (Lipinski definition) is 1. The number of nitrogens with zero attached hydrogens (tertiary/aromatic N) is 6. The number of aromatic amines is 1. The molecule has 8 heteroatoms. The molecule has 1 N–H and O–H groups in total.